The highest BCUT2D eigenvalue weighted by Gasteiger charge is 2.40. The number of likely N-dealkylation sites (tertiary alicyclic amines) is 1. The van der Waals surface area contributed by atoms with Gasteiger partial charge in [0.1, 0.15) is 5.82 Å². The summed E-state index contributed by atoms with van der Waals surface area (Å²) in [7, 11) is 0. The molecule has 0 N–H and O–H groups in total. The third-order valence-corrected chi connectivity index (χ3v) is 5.52. The largest absolute Gasteiger partial charge is 0.339 e. The Balaban J connectivity index is 1.43. The predicted octanol–water partition coefficient (Wildman–Crippen LogP) is 0.720. The van der Waals surface area contributed by atoms with Gasteiger partial charge in [-0.15, -0.1) is 10.2 Å². The molecule has 3 aliphatic rings. The highest BCUT2D eigenvalue weighted by atomic mass is 16.2. The molecule has 1 saturated heterocycles. The zero-order valence-electron chi connectivity index (χ0n) is 13.6. The lowest BCUT2D eigenvalue weighted by molar-refractivity contribution is -0.137. The van der Waals surface area contributed by atoms with Crippen molar-refractivity contribution in [2.75, 3.05) is 13.1 Å². The minimum absolute atomic E-state index is 0.103. The Labute approximate surface area is 135 Å². The summed E-state index contributed by atoms with van der Waals surface area (Å²) in [4.78, 5) is 28.9. The zero-order valence-corrected chi connectivity index (χ0v) is 13.6. The van der Waals surface area contributed by atoms with Crippen molar-refractivity contribution in [1.29, 1.82) is 0 Å². The molecular weight excluding hydrogens is 294 g/mol. The monoisotopic (exact) mass is 317 g/mol. The molecular formula is C16H23N5O2. The van der Waals surface area contributed by atoms with Crippen LogP contribution in [0.2, 0.25) is 0 Å². The number of aryl methyl sites for hydroxylation is 1. The summed E-state index contributed by atoms with van der Waals surface area (Å²) >= 11 is 0. The first-order chi connectivity index (χ1) is 11.1. The molecule has 0 radical (unpaired) electrons. The molecule has 1 atom stereocenters. The summed E-state index contributed by atoms with van der Waals surface area (Å²) in [5.74, 6) is 1.82. The van der Waals surface area contributed by atoms with Crippen LogP contribution in [0.3, 0.4) is 0 Å². The van der Waals surface area contributed by atoms with E-state index in [4.69, 9.17) is 0 Å². The number of fused-ring (bicyclic) bond motifs is 1. The smallest absolute Gasteiger partial charge is 0.228 e. The Morgan fingerprint density at radius 2 is 1.96 bits per heavy atom. The number of amides is 2. The van der Waals surface area contributed by atoms with E-state index < -0.39 is 0 Å². The average molecular weight is 317 g/mol. The molecule has 23 heavy (non-hydrogen) atoms. The average Bonchev–Trinajstić information content (AvgIpc) is 3.27. The molecule has 4 rings (SSSR count). The van der Waals surface area contributed by atoms with E-state index in [9.17, 15) is 9.59 Å². The SMILES string of the molecule is Cc1nnc2n1CCN(C(=O)[C@H]1CC(=O)N(C3CCCC3)C1)C2. The quantitative estimate of drug-likeness (QED) is 0.806. The second-order valence-electron chi connectivity index (χ2n) is 6.96. The van der Waals surface area contributed by atoms with Crippen molar-refractivity contribution in [3.63, 3.8) is 0 Å². The van der Waals surface area contributed by atoms with Crippen molar-refractivity contribution < 1.29 is 9.59 Å². The van der Waals surface area contributed by atoms with E-state index >= 15 is 0 Å². The first-order valence-corrected chi connectivity index (χ1v) is 8.60. The van der Waals surface area contributed by atoms with Crippen molar-refractivity contribution >= 4 is 11.8 Å². The highest BCUT2D eigenvalue weighted by molar-refractivity contribution is 5.89. The summed E-state index contributed by atoms with van der Waals surface area (Å²) in [5.41, 5.74) is 0. The minimum atomic E-state index is -0.182. The number of aromatic nitrogens is 3. The third kappa shape index (κ3) is 2.52. The summed E-state index contributed by atoms with van der Waals surface area (Å²) in [5, 5.41) is 8.23. The molecule has 3 heterocycles. The van der Waals surface area contributed by atoms with Crippen LogP contribution in [-0.4, -0.2) is 55.5 Å². The number of hydrogen-bond acceptors (Lipinski definition) is 4. The zero-order chi connectivity index (χ0) is 16.0. The van der Waals surface area contributed by atoms with Gasteiger partial charge in [0.2, 0.25) is 11.8 Å². The Bertz CT molecular complexity index is 634. The summed E-state index contributed by atoms with van der Waals surface area (Å²) < 4.78 is 2.06. The molecule has 0 unspecified atom stereocenters. The fraction of sp³-hybridized carbons (Fsp3) is 0.750. The van der Waals surface area contributed by atoms with Gasteiger partial charge in [-0.25, -0.2) is 0 Å². The lowest BCUT2D eigenvalue weighted by Gasteiger charge is -2.30. The molecule has 124 valence electrons. The van der Waals surface area contributed by atoms with Gasteiger partial charge in [-0.05, 0) is 19.8 Å². The molecule has 1 aliphatic carbocycles. The molecule has 2 fully saturated rings. The van der Waals surface area contributed by atoms with E-state index in [0.717, 1.165) is 31.0 Å². The predicted molar refractivity (Wildman–Crippen MR) is 82.3 cm³/mol. The minimum Gasteiger partial charge on any atom is -0.339 e. The summed E-state index contributed by atoms with van der Waals surface area (Å²) in [6.45, 7) is 4.47. The topological polar surface area (TPSA) is 71.3 Å². The second-order valence-corrected chi connectivity index (χ2v) is 6.96. The van der Waals surface area contributed by atoms with E-state index in [2.05, 4.69) is 14.8 Å². The van der Waals surface area contributed by atoms with Crippen LogP contribution >= 0.6 is 0 Å². The van der Waals surface area contributed by atoms with Crippen LogP contribution < -0.4 is 0 Å². The highest BCUT2D eigenvalue weighted by Crippen LogP contribution is 2.30. The Kier molecular flexibility index (Phi) is 3.58. The molecule has 1 aromatic heterocycles. The first kappa shape index (κ1) is 14.7. The fourth-order valence-corrected chi connectivity index (χ4v) is 4.22. The molecule has 2 aliphatic heterocycles. The van der Waals surface area contributed by atoms with Gasteiger partial charge in [-0.1, -0.05) is 12.8 Å². The van der Waals surface area contributed by atoms with E-state index in [-0.39, 0.29) is 17.7 Å². The number of rotatable bonds is 2. The normalized spacial score (nSPS) is 25.3. The standard InChI is InChI=1S/C16H23N5O2/c1-11-17-18-14-10-19(6-7-20(11)14)16(23)12-8-15(22)21(9-12)13-4-2-3-5-13/h12-13H,2-10H2,1H3/t12-/m0/s1. The fourth-order valence-electron chi connectivity index (χ4n) is 4.22. The Morgan fingerprint density at radius 3 is 2.74 bits per heavy atom. The first-order valence-electron chi connectivity index (χ1n) is 8.60. The van der Waals surface area contributed by atoms with Crippen molar-refractivity contribution in [2.45, 2.75) is 58.2 Å². The van der Waals surface area contributed by atoms with Crippen LogP contribution in [0.25, 0.3) is 0 Å². The van der Waals surface area contributed by atoms with Gasteiger partial charge >= 0.3 is 0 Å². The molecule has 0 aromatic carbocycles. The van der Waals surface area contributed by atoms with Crippen LogP contribution in [0.5, 0.6) is 0 Å². The molecule has 2 amide bonds. The van der Waals surface area contributed by atoms with Gasteiger partial charge in [-0.2, -0.15) is 0 Å². The van der Waals surface area contributed by atoms with Crippen molar-refractivity contribution in [3.05, 3.63) is 11.6 Å². The second kappa shape index (κ2) is 5.62. The number of carbonyl (C=O) groups is 2. The van der Waals surface area contributed by atoms with E-state index in [1.54, 1.807) is 0 Å². The maximum atomic E-state index is 12.8. The van der Waals surface area contributed by atoms with Gasteiger partial charge < -0.3 is 14.4 Å². The van der Waals surface area contributed by atoms with E-state index in [0.29, 0.717) is 32.1 Å². The van der Waals surface area contributed by atoms with Crippen molar-refractivity contribution in [1.82, 2.24) is 24.6 Å². The Hall–Kier alpha value is -1.92. The van der Waals surface area contributed by atoms with Crippen molar-refractivity contribution in [2.24, 2.45) is 5.92 Å². The molecule has 0 bridgehead atoms. The third-order valence-electron chi connectivity index (χ3n) is 5.52. The number of nitrogens with zero attached hydrogens (tertiary/aromatic N) is 5. The molecule has 1 saturated carbocycles. The van der Waals surface area contributed by atoms with Crippen molar-refractivity contribution in [3.8, 4) is 0 Å². The van der Waals surface area contributed by atoms with Gasteiger partial charge in [0.15, 0.2) is 5.82 Å². The van der Waals surface area contributed by atoms with Gasteiger partial charge in [0.25, 0.3) is 0 Å². The molecule has 7 heteroatoms. The number of hydrogen-bond donors (Lipinski definition) is 0. The maximum absolute atomic E-state index is 12.8. The maximum Gasteiger partial charge on any atom is 0.228 e. The lowest BCUT2D eigenvalue weighted by atomic mass is 10.1. The van der Waals surface area contributed by atoms with Crippen LogP contribution in [-0.2, 0) is 22.7 Å². The summed E-state index contributed by atoms with van der Waals surface area (Å²) in [6, 6.07) is 0.368. The number of carbonyl (C=O) groups excluding carboxylic acids is 2. The van der Waals surface area contributed by atoms with Crippen LogP contribution in [0.4, 0.5) is 0 Å². The lowest BCUT2D eigenvalue weighted by Crippen LogP contribution is -2.43. The van der Waals surface area contributed by atoms with Gasteiger partial charge in [0, 0.05) is 32.1 Å². The van der Waals surface area contributed by atoms with Crippen LogP contribution in [0.15, 0.2) is 0 Å². The van der Waals surface area contributed by atoms with Gasteiger partial charge in [0.05, 0.1) is 12.5 Å². The van der Waals surface area contributed by atoms with E-state index in [1.165, 1.54) is 12.8 Å². The van der Waals surface area contributed by atoms with Crippen LogP contribution in [0.1, 0.15) is 43.8 Å². The molecule has 0 spiro atoms. The van der Waals surface area contributed by atoms with E-state index in [1.807, 2.05) is 16.7 Å². The van der Waals surface area contributed by atoms with Gasteiger partial charge in [-0.3, -0.25) is 9.59 Å². The van der Waals surface area contributed by atoms with Crippen LogP contribution in [0, 0.1) is 12.8 Å². The summed E-state index contributed by atoms with van der Waals surface area (Å²) in [6.07, 6.45) is 4.97. The molecule has 7 nitrogen and oxygen atoms in total. The molecule has 1 aromatic rings. The Morgan fingerprint density at radius 1 is 1.17 bits per heavy atom.